The molecule has 1 heterocycles. The number of hydrogen-bond acceptors (Lipinski definition) is 21. The minimum atomic E-state index is -1.50. The van der Waals surface area contributed by atoms with E-state index in [2.05, 4.69) is 31.2 Å². The van der Waals surface area contributed by atoms with E-state index in [1.165, 1.54) is 45.4 Å². The summed E-state index contributed by atoms with van der Waals surface area (Å²) in [7, 11) is 0. The van der Waals surface area contributed by atoms with Gasteiger partial charge in [-0.2, -0.15) is 0 Å². The molecule has 0 fully saturated rings. The van der Waals surface area contributed by atoms with Crippen molar-refractivity contribution >= 4 is 82.3 Å². The molecule has 592 valence electrons. The van der Waals surface area contributed by atoms with Gasteiger partial charge < -0.3 is 82.2 Å². The largest absolute Gasteiger partial charge is 0.481 e. The molecule has 1 aromatic heterocycles. The van der Waals surface area contributed by atoms with Crippen molar-refractivity contribution in [3.05, 3.63) is 18.2 Å². The highest BCUT2D eigenvalue weighted by molar-refractivity contribution is 5.94. The highest BCUT2D eigenvalue weighted by Gasteiger charge is 2.37. The van der Waals surface area contributed by atoms with Crippen molar-refractivity contribution < 1.29 is 112 Å². The Balaban J connectivity index is 2.29. The van der Waals surface area contributed by atoms with Gasteiger partial charge in [0.2, 0.25) is 29.5 Å². The second kappa shape index (κ2) is 56.9. The van der Waals surface area contributed by atoms with Crippen LogP contribution in [0.5, 0.6) is 0 Å². The number of nitrogens with two attached hydrogens (primary N) is 2. The summed E-state index contributed by atoms with van der Waals surface area (Å²) in [6, 6.07) is -3.53. The van der Waals surface area contributed by atoms with Gasteiger partial charge in [0, 0.05) is 113 Å². The molecule has 0 saturated heterocycles. The van der Waals surface area contributed by atoms with E-state index in [9.17, 15) is 87.5 Å². The lowest BCUT2D eigenvalue weighted by Crippen LogP contribution is -2.42. The van der Waals surface area contributed by atoms with Crippen LogP contribution in [0.15, 0.2) is 12.5 Å². The SMILES string of the molecule is CC(C[C@@H](CCCCNC(=O)CC[C@H](NC(=O)CC[C@H](CC(=O)COCCOCCNC(=O)COCCOCCCC(=O)CC[C@H](NC(=O)CCCCCCCCCCCCCCCCC(=O)O)C(=O)O)C(=O)O)C(=O)O)C(=O)CC[C@H](C(N)=O)[C@@H](C)O)C(=O)C(C)(C)CC(=O)[C@@H](N)Cc1cnc[nH]1. The molecule has 0 aliphatic rings. The molecule has 31 heteroatoms. The average molecular weight is 1480 g/mol. The van der Waals surface area contributed by atoms with Crippen LogP contribution in [0.25, 0.3) is 0 Å². The minimum absolute atomic E-state index is 0.00785. The molecule has 0 spiro atoms. The predicted molar refractivity (Wildman–Crippen MR) is 381 cm³/mol. The maximum atomic E-state index is 13.8. The van der Waals surface area contributed by atoms with Crippen molar-refractivity contribution in [1.82, 2.24) is 31.2 Å². The Morgan fingerprint density at radius 2 is 1.04 bits per heavy atom. The number of rotatable bonds is 70. The topological polar surface area (TPSA) is 506 Å². The fourth-order valence-electron chi connectivity index (χ4n) is 11.8. The number of amides is 5. The van der Waals surface area contributed by atoms with Crippen LogP contribution in [-0.2, 0) is 92.5 Å². The van der Waals surface area contributed by atoms with Gasteiger partial charge in [-0.05, 0) is 71.1 Å². The number of nitrogens with zero attached hydrogens (tertiary/aromatic N) is 1. The number of ether oxygens (including phenoxy) is 4. The molecule has 5 amide bonds. The van der Waals surface area contributed by atoms with Crippen LogP contribution in [0.4, 0.5) is 0 Å². The lowest BCUT2D eigenvalue weighted by molar-refractivity contribution is -0.145. The third kappa shape index (κ3) is 47.8. The van der Waals surface area contributed by atoms with E-state index < -0.39 is 126 Å². The Labute approximate surface area is 611 Å². The maximum absolute atomic E-state index is 13.8. The Kier molecular flexibility index (Phi) is 51.7. The zero-order valence-electron chi connectivity index (χ0n) is 61.9. The number of carboxylic acids is 4. The number of aliphatic carboxylic acids is 4. The van der Waals surface area contributed by atoms with Crippen LogP contribution in [0.1, 0.15) is 239 Å². The summed E-state index contributed by atoms with van der Waals surface area (Å²) in [6.07, 6.45) is 17.0. The third-order valence-corrected chi connectivity index (χ3v) is 18.0. The Hall–Kier alpha value is -7.45. The van der Waals surface area contributed by atoms with E-state index in [1.54, 1.807) is 27.0 Å². The van der Waals surface area contributed by atoms with Gasteiger partial charge in [0.25, 0.3) is 0 Å². The number of hydrogen-bond donors (Lipinski definition) is 12. The van der Waals surface area contributed by atoms with Gasteiger partial charge in [0.15, 0.2) is 11.6 Å². The van der Waals surface area contributed by atoms with E-state index in [1.807, 2.05) is 0 Å². The summed E-state index contributed by atoms with van der Waals surface area (Å²) in [5.74, 6) is -12.8. The molecule has 104 heavy (non-hydrogen) atoms. The van der Waals surface area contributed by atoms with Gasteiger partial charge in [0.1, 0.15) is 42.6 Å². The van der Waals surface area contributed by atoms with Gasteiger partial charge in [-0.1, -0.05) is 104 Å². The van der Waals surface area contributed by atoms with Crippen LogP contribution >= 0.6 is 0 Å². The molecule has 1 aromatic rings. The van der Waals surface area contributed by atoms with Crippen molar-refractivity contribution in [3.8, 4) is 0 Å². The molecule has 0 saturated carbocycles. The molecule has 0 bridgehead atoms. The van der Waals surface area contributed by atoms with E-state index >= 15 is 0 Å². The molecule has 0 radical (unpaired) electrons. The normalized spacial score (nSPS) is 13.8. The first-order valence-electron chi connectivity index (χ1n) is 37.1. The zero-order valence-corrected chi connectivity index (χ0v) is 61.9. The quantitative estimate of drug-likeness (QED) is 0.0353. The maximum Gasteiger partial charge on any atom is 0.326 e. The number of Topliss-reactive ketones (excluding diaryl/α,β-unsaturated/α-hetero) is 5. The molecule has 8 atom stereocenters. The molecule has 0 aliphatic carbocycles. The summed E-state index contributed by atoms with van der Waals surface area (Å²) in [5, 5.41) is 58.1. The summed E-state index contributed by atoms with van der Waals surface area (Å²) in [6.45, 7) is 6.52. The summed E-state index contributed by atoms with van der Waals surface area (Å²) in [4.78, 5) is 181. The zero-order chi connectivity index (χ0) is 77.7. The predicted octanol–water partition coefficient (Wildman–Crippen LogP) is 5.59. The summed E-state index contributed by atoms with van der Waals surface area (Å²) >= 11 is 0. The number of primary amides is 1. The molecule has 1 rings (SSSR count). The van der Waals surface area contributed by atoms with Crippen LogP contribution in [0, 0.1) is 29.1 Å². The second-order valence-electron chi connectivity index (χ2n) is 27.7. The first-order valence-corrected chi connectivity index (χ1v) is 37.1. The van der Waals surface area contributed by atoms with E-state index in [4.69, 9.17) is 35.5 Å². The van der Waals surface area contributed by atoms with E-state index in [-0.39, 0.29) is 178 Å². The number of ketones is 5. The van der Waals surface area contributed by atoms with Crippen LogP contribution in [0.3, 0.4) is 0 Å². The molecule has 1 unspecified atom stereocenters. The number of aromatic nitrogens is 2. The molecular formula is C73H122N8O23. The lowest BCUT2D eigenvalue weighted by Gasteiger charge is -2.29. The lowest BCUT2D eigenvalue weighted by atomic mass is 9.73. The molecule has 0 aliphatic heterocycles. The molecular weight excluding hydrogens is 1360 g/mol. The monoisotopic (exact) mass is 1480 g/mol. The fourth-order valence-corrected chi connectivity index (χ4v) is 11.8. The smallest absolute Gasteiger partial charge is 0.326 e. The first kappa shape index (κ1) is 94.6. The van der Waals surface area contributed by atoms with Gasteiger partial charge in [-0.25, -0.2) is 14.6 Å². The number of aliphatic hydroxyl groups excluding tert-OH is 1. The number of carbonyl (C=O) groups is 14. The Morgan fingerprint density at radius 1 is 0.510 bits per heavy atom. The Bertz CT molecular complexity index is 2750. The van der Waals surface area contributed by atoms with Gasteiger partial charge in [-0.15, -0.1) is 0 Å². The van der Waals surface area contributed by atoms with E-state index in [0.29, 0.717) is 31.4 Å². The fraction of sp³-hybridized carbons (Fsp3) is 0.767. The Morgan fingerprint density at radius 3 is 1.59 bits per heavy atom. The van der Waals surface area contributed by atoms with Crippen molar-refractivity contribution in [2.45, 2.75) is 264 Å². The van der Waals surface area contributed by atoms with E-state index in [0.717, 1.165) is 51.4 Å². The number of H-pyrrole nitrogens is 1. The molecule has 0 aromatic carbocycles. The van der Waals surface area contributed by atoms with Crippen molar-refractivity contribution in [1.29, 1.82) is 0 Å². The number of aromatic amines is 1. The number of carboxylic acid groups (broad SMARTS) is 4. The van der Waals surface area contributed by atoms with Crippen LogP contribution in [-0.4, -0.2) is 208 Å². The molecule has 14 N–H and O–H groups in total. The van der Waals surface area contributed by atoms with Crippen molar-refractivity contribution in [3.63, 3.8) is 0 Å². The number of carbonyl (C=O) groups excluding carboxylic acids is 10. The highest BCUT2D eigenvalue weighted by atomic mass is 16.5. The number of nitrogens with one attached hydrogen (secondary N) is 5. The minimum Gasteiger partial charge on any atom is -0.481 e. The molecule has 31 nitrogen and oxygen atoms in total. The summed E-state index contributed by atoms with van der Waals surface area (Å²) < 4.78 is 21.5. The number of imidazole rings is 1. The standard InChI is InChI=1S/C73H122N8O23/c1-50(68(93)73(3,4)45-62(86)58(74)44-54-46-76-49-79-54)42-52(61(85)31-28-57(51(2)82)69(75)94)22-19-20-34-77-63(87)33-30-60(72(99)100)81-65(89)32-26-53(70(95)96)43-56(84)47-103-40-39-102-37-35-78-66(90)48-104-41-38-101-36-21-23-55(83)27-29-59(71(97)98)80-64(88)24-17-15-13-11-9-7-5-6-8-10-12-14-16-18-25-67(91)92/h46,49-53,57-60,82H,5-45,47-48,74H2,1-4H3,(H2,75,94)(H,76,79)(H,77,87)(H,78,90)(H,80,88)(H,81,89)(H,91,92)(H,95,96)(H,97,98)(H,99,100)/t50?,51-,52-,53-,57+,58+,59+,60+/m1/s1. The van der Waals surface area contributed by atoms with Crippen molar-refractivity contribution in [2.24, 2.45) is 40.6 Å². The average Bonchev–Trinajstić information content (AvgIpc) is 0.944. The van der Waals surface area contributed by atoms with Gasteiger partial charge >= 0.3 is 23.9 Å². The number of aliphatic hydroxyl groups is 1. The van der Waals surface area contributed by atoms with Crippen LogP contribution < -0.4 is 32.7 Å². The first-order chi connectivity index (χ1) is 49.4. The van der Waals surface area contributed by atoms with Gasteiger partial charge in [0.05, 0.1) is 63.3 Å². The highest BCUT2D eigenvalue weighted by Crippen LogP contribution is 2.32. The second-order valence-corrected chi connectivity index (χ2v) is 27.7. The van der Waals surface area contributed by atoms with Crippen molar-refractivity contribution in [2.75, 3.05) is 65.9 Å². The van der Waals surface area contributed by atoms with Gasteiger partial charge in [-0.3, -0.25) is 57.5 Å². The van der Waals surface area contributed by atoms with Crippen LogP contribution in [0.2, 0.25) is 0 Å². The summed E-state index contributed by atoms with van der Waals surface area (Å²) in [5.41, 5.74) is 11.2. The third-order valence-electron chi connectivity index (χ3n) is 18.0. The number of unbranched alkanes of at least 4 members (excludes halogenated alkanes) is 14.